The van der Waals surface area contributed by atoms with E-state index in [1.54, 1.807) is 18.2 Å². The Morgan fingerprint density at radius 1 is 1.24 bits per heavy atom. The lowest BCUT2D eigenvalue weighted by atomic mass is 9.74. The van der Waals surface area contributed by atoms with Gasteiger partial charge >= 0.3 is 0 Å². The van der Waals surface area contributed by atoms with Crippen molar-refractivity contribution in [1.82, 2.24) is 5.32 Å². The van der Waals surface area contributed by atoms with Gasteiger partial charge in [-0.05, 0) is 42.7 Å². The van der Waals surface area contributed by atoms with Crippen molar-refractivity contribution in [3.05, 3.63) is 33.8 Å². The van der Waals surface area contributed by atoms with Gasteiger partial charge in [-0.15, -0.1) is 0 Å². The van der Waals surface area contributed by atoms with E-state index >= 15 is 0 Å². The smallest absolute Gasteiger partial charge is 0.254 e. The first-order valence-electron chi connectivity index (χ1n) is 7.65. The van der Waals surface area contributed by atoms with E-state index in [0.717, 1.165) is 6.42 Å². The normalized spacial score (nSPS) is 25.9. The molecule has 3 atom stereocenters. The third-order valence-corrected chi connectivity index (χ3v) is 5.16. The number of hydrogen-bond acceptors (Lipinski definition) is 1. The van der Waals surface area contributed by atoms with Crippen LogP contribution >= 0.6 is 23.2 Å². The fraction of sp³-hybridized carbons (Fsp3) is 0.588. The van der Waals surface area contributed by atoms with Crippen molar-refractivity contribution in [1.29, 1.82) is 0 Å². The van der Waals surface area contributed by atoms with Crippen molar-refractivity contribution >= 4 is 29.1 Å². The van der Waals surface area contributed by atoms with Gasteiger partial charge in [0.25, 0.3) is 5.91 Å². The maximum absolute atomic E-state index is 12.5. The summed E-state index contributed by atoms with van der Waals surface area (Å²) in [5.41, 5.74) is 0.390. The number of carbonyl (C=O) groups excluding carboxylic acids is 1. The van der Waals surface area contributed by atoms with E-state index in [1.807, 2.05) is 0 Å². The summed E-state index contributed by atoms with van der Waals surface area (Å²) in [5, 5.41) is 3.99. The van der Waals surface area contributed by atoms with Crippen molar-refractivity contribution in [2.45, 2.75) is 46.1 Å². The van der Waals surface area contributed by atoms with Crippen LogP contribution in [0.4, 0.5) is 0 Å². The van der Waals surface area contributed by atoms with Gasteiger partial charge in [0.2, 0.25) is 0 Å². The van der Waals surface area contributed by atoms with Gasteiger partial charge in [-0.2, -0.15) is 0 Å². The highest BCUT2D eigenvalue weighted by molar-refractivity contribution is 6.39. The minimum absolute atomic E-state index is 0.157. The molecule has 0 spiro atoms. The quantitative estimate of drug-likeness (QED) is 0.813. The molecule has 4 heteroatoms. The van der Waals surface area contributed by atoms with Crippen molar-refractivity contribution in [3.8, 4) is 0 Å². The Bertz CT molecular complexity index is 495. The van der Waals surface area contributed by atoms with Crippen LogP contribution < -0.4 is 5.32 Å². The molecular weight excluding hydrogens is 305 g/mol. The van der Waals surface area contributed by atoms with Crippen molar-refractivity contribution in [3.63, 3.8) is 0 Å². The van der Waals surface area contributed by atoms with E-state index in [1.165, 1.54) is 12.8 Å². The lowest BCUT2D eigenvalue weighted by molar-refractivity contribution is 0.0868. The molecule has 2 rings (SSSR count). The van der Waals surface area contributed by atoms with Crippen LogP contribution in [0, 0.1) is 17.8 Å². The molecule has 0 saturated heterocycles. The number of carbonyl (C=O) groups is 1. The van der Waals surface area contributed by atoms with Gasteiger partial charge in [-0.25, -0.2) is 0 Å². The maximum atomic E-state index is 12.5. The molecule has 0 aromatic heterocycles. The van der Waals surface area contributed by atoms with Crippen LogP contribution in [0.3, 0.4) is 0 Å². The van der Waals surface area contributed by atoms with E-state index in [4.69, 9.17) is 23.2 Å². The zero-order valence-corrected chi connectivity index (χ0v) is 14.3. The molecular formula is C17H23Cl2NO. The molecule has 0 heterocycles. The summed E-state index contributed by atoms with van der Waals surface area (Å²) in [4.78, 5) is 12.5. The highest BCUT2D eigenvalue weighted by Crippen LogP contribution is 2.34. The van der Waals surface area contributed by atoms with Gasteiger partial charge in [0.05, 0.1) is 15.6 Å². The molecule has 1 amide bonds. The van der Waals surface area contributed by atoms with E-state index in [0.29, 0.717) is 33.4 Å². The first-order chi connectivity index (χ1) is 9.90. The summed E-state index contributed by atoms with van der Waals surface area (Å²) < 4.78 is 0. The molecule has 0 unspecified atom stereocenters. The van der Waals surface area contributed by atoms with E-state index in [-0.39, 0.29) is 11.9 Å². The summed E-state index contributed by atoms with van der Waals surface area (Å²) in [5.74, 6) is 1.57. The van der Waals surface area contributed by atoms with Crippen LogP contribution in [0.15, 0.2) is 18.2 Å². The second-order valence-corrected chi connectivity index (χ2v) is 7.32. The first kappa shape index (κ1) is 16.6. The summed E-state index contributed by atoms with van der Waals surface area (Å²) in [6.45, 7) is 6.70. The molecule has 0 radical (unpaired) electrons. The van der Waals surface area contributed by atoms with Crippen LogP contribution in [0.25, 0.3) is 0 Å². The summed E-state index contributed by atoms with van der Waals surface area (Å²) in [6.07, 6.45) is 3.43. The van der Waals surface area contributed by atoms with E-state index in [9.17, 15) is 4.79 Å². The molecule has 1 saturated carbocycles. The minimum atomic E-state index is -0.157. The van der Waals surface area contributed by atoms with Crippen LogP contribution in [0.2, 0.25) is 10.0 Å². The Labute approximate surface area is 137 Å². The summed E-state index contributed by atoms with van der Waals surface area (Å²) in [6, 6.07) is 5.35. The standard InChI is InChI=1S/C17H23Cl2NO/c1-10(2)12-8-7-11(3)9-15(12)20-17(21)16-13(18)5-4-6-14(16)19/h4-6,10-12,15H,7-9H2,1-3H3,(H,20,21)/t11-,12-,15-/m1/s1. The Morgan fingerprint density at radius 3 is 2.43 bits per heavy atom. The van der Waals surface area contributed by atoms with Crippen molar-refractivity contribution in [2.75, 3.05) is 0 Å². The zero-order valence-electron chi connectivity index (χ0n) is 12.8. The van der Waals surface area contributed by atoms with Crippen molar-refractivity contribution < 1.29 is 4.79 Å². The molecule has 0 bridgehead atoms. The monoisotopic (exact) mass is 327 g/mol. The molecule has 1 N–H and O–H groups in total. The average molecular weight is 328 g/mol. The molecule has 1 aromatic carbocycles. The Hall–Kier alpha value is -0.730. The minimum Gasteiger partial charge on any atom is -0.349 e. The van der Waals surface area contributed by atoms with Gasteiger partial charge in [0, 0.05) is 6.04 Å². The van der Waals surface area contributed by atoms with Crippen LogP contribution in [-0.2, 0) is 0 Å². The average Bonchev–Trinajstić information content (AvgIpc) is 2.38. The second kappa shape index (κ2) is 7.02. The Balaban J connectivity index is 2.17. The predicted octanol–water partition coefficient (Wildman–Crippen LogP) is 5.18. The van der Waals surface area contributed by atoms with E-state index < -0.39 is 0 Å². The van der Waals surface area contributed by atoms with Crippen LogP contribution in [0.5, 0.6) is 0 Å². The zero-order chi connectivity index (χ0) is 15.6. The number of hydrogen-bond donors (Lipinski definition) is 1. The number of nitrogens with one attached hydrogen (secondary N) is 1. The molecule has 21 heavy (non-hydrogen) atoms. The Kier molecular flexibility index (Phi) is 5.56. The van der Waals surface area contributed by atoms with Gasteiger partial charge < -0.3 is 5.32 Å². The topological polar surface area (TPSA) is 29.1 Å². The number of benzene rings is 1. The van der Waals surface area contributed by atoms with E-state index in [2.05, 4.69) is 26.1 Å². The largest absolute Gasteiger partial charge is 0.349 e. The third kappa shape index (κ3) is 3.92. The summed E-state index contributed by atoms with van der Waals surface area (Å²) >= 11 is 12.2. The fourth-order valence-corrected chi connectivity index (χ4v) is 3.89. The molecule has 0 aliphatic heterocycles. The lowest BCUT2D eigenvalue weighted by Crippen LogP contribution is -2.45. The molecule has 1 aliphatic rings. The second-order valence-electron chi connectivity index (χ2n) is 6.50. The molecule has 1 aromatic rings. The number of amides is 1. The number of rotatable bonds is 3. The van der Waals surface area contributed by atoms with Crippen LogP contribution in [-0.4, -0.2) is 11.9 Å². The molecule has 1 fully saturated rings. The SMILES string of the molecule is CC(C)[C@H]1CC[C@@H](C)C[C@H]1NC(=O)c1c(Cl)cccc1Cl. The van der Waals surface area contributed by atoms with Crippen LogP contribution in [0.1, 0.15) is 50.4 Å². The lowest BCUT2D eigenvalue weighted by Gasteiger charge is -2.37. The van der Waals surface area contributed by atoms with Gasteiger partial charge in [0.15, 0.2) is 0 Å². The molecule has 2 nitrogen and oxygen atoms in total. The molecule has 116 valence electrons. The fourth-order valence-electron chi connectivity index (χ4n) is 3.32. The van der Waals surface area contributed by atoms with Gasteiger partial charge in [-0.1, -0.05) is 56.5 Å². The highest BCUT2D eigenvalue weighted by Gasteiger charge is 2.32. The van der Waals surface area contributed by atoms with Gasteiger partial charge in [-0.3, -0.25) is 4.79 Å². The third-order valence-electron chi connectivity index (χ3n) is 4.53. The highest BCUT2D eigenvalue weighted by atomic mass is 35.5. The maximum Gasteiger partial charge on any atom is 0.254 e. The Morgan fingerprint density at radius 2 is 1.86 bits per heavy atom. The summed E-state index contributed by atoms with van der Waals surface area (Å²) in [7, 11) is 0. The number of halogens is 2. The predicted molar refractivity (Wildman–Crippen MR) is 89.1 cm³/mol. The first-order valence-corrected chi connectivity index (χ1v) is 8.40. The van der Waals surface area contributed by atoms with Crippen molar-refractivity contribution in [2.24, 2.45) is 17.8 Å². The van der Waals surface area contributed by atoms with Gasteiger partial charge in [0.1, 0.15) is 0 Å². The molecule has 1 aliphatic carbocycles.